The Hall–Kier alpha value is -3.00. The lowest BCUT2D eigenvalue weighted by Crippen LogP contribution is -2.05. The molecule has 1 saturated carbocycles. The number of esters is 1. The fourth-order valence-electron chi connectivity index (χ4n) is 3.36. The fraction of sp³-hybridized carbons (Fsp3) is 0.300. The second kappa shape index (κ2) is 6.14. The van der Waals surface area contributed by atoms with Crippen LogP contribution in [0.25, 0.3) is 16.4 Å². The Labute approximate surface area is 145 Å². The summed E-state index contributed by atoms with van der Waals surface area (Å²) in [6, 6.07) is 13.6. The quantitative estimate of drug-likeness (QED) is 0.660. The molecule has 0 amide bonds. The fourth-order valence-corrected chi connectivity index (χ4v) is 3.36. The second-order valence-electron chi connectivity index (χ2n) is 6.17. The van der Waals surface area contributed by atoms with Gasteiger partial charge in [-0.05, 0) is 49.9 Å². The van der Waals surface area contributed by atoms with Gasteiger partial charge in [-0.15, -0.1) is 0 Å². The Bertz CT molecular complexity index is 1010. The Morgan fingerprint density at radius 3 is 2.84 bits per heavy atom. The number of hydrogen-bond acceptors (Lipinski definition) is 4. The van der Waals surface area contributed by atoms with Crippen LogP contribution >= 0.6 is 0 Å². The topological polar surface area (TPSA) is 63.7 Å². The van der Waals surface area contributed by atoms with E-state index in [4.69, 9.17) is 14.7 Å². The van der Waals surface area contributed by atoms with Gasteiger partial charge in [0.2, 0.25) is 0 Å². The van der Waals surface area contributed by atoms with Crippen molar-refractivity contribution in [3.63, 3.8) is 0 Å². The van der Waals surface area contributed by atoms with Crippen LogP contribution in [0.5, 0.6) is 5.75 Å². The van der Waals surface area contributed by atoms with Crippen molar-refractivity contribution >= 4 is 22.4 Å². The summed E-state index contributed by atoms with van der Waals surface area (Å²) in [6.07, 6.45) is 2.33. The third kappa shape index (κ3) is 2.60. The van der Waals surface area contributed by atoms with Gasteiger partial charge in [-0.1, -0.05) is 6.07 Å². The molecule has 1 aromatic carbocycles. The maximum atomic E-state index is 12.6. The summed E-state index contributed by atoms with van der Waals surface area (Å²) in [7, 11) is 0. The average molecular weight is 334 g/mol. The first kappa shape index (κ1) is 15.5. The summed E-state index contributed by atoms with van der Waals surface area (Å²) in [5, 5.41) is 9.58. The maximum absolute atomic E-state index is 12.6. The minimum atomic E-state index is -0.311. The molecule has 126 valence electrons. The number of pyridine rings is 1. The van der Waals surface area contributed by atoms with E-state index in [1.807, 2.05) is 37.3 Å². The van der Waals surface area contributed by atoms with E-state index in [-0.39, 0.29) is 12.6 Å². The lowest BCUT2D eigenvalue weighted by Gasteiger charge is -2.07. The molecule has 0 aliphatic heterocycles. The van der Waals surface area contributed by atoms with Gasteiger partial charge in [0, 0.05) is 17.1 Å². The van der Waals surface area contributed by atoms with Crippen LogP contribution in [0, 0.1) is 11.3 Å². The second-order valence-corrected chi connectivity index (χ2v) is 6.17. The Balaban J connectivity index is 2.01. The lowest BCUT2D eigenvalue weighted by molar-refractivity contribution is 0.0531. The van der Waals surface area contributed by atoms with Crippen LogP contribution in [0.2, 0.25) is 0 Å². The van der Waals surface area contributed by atoms with Crippen molar-refractivity contribution in [3.8, 4) is 11.8 Å². The SMILES string of the molecule is CCOC(=O)c1c2ccc(OCC#N)cc2n2c(C3CC3)cccc12. The molecule has 1 fully saturated rings. The van der Waals surface area contributed by atoms with Crippen LogP contribution < -0.4 is 4.74 Å². The molecule has 0 saturated heterocycles. The average Bonchev–Trinajstić information content (AvgIpc) is 3.41. The summed E-state index contributed by atoms with van der Waals surface area (Å²) in [5.74, 6) is 0.834. The number of rotatable bonds is 5. The van der Waals surface area contributed by atoms with Crippen molar-refractivity contribution in [2.45, 2.75) is 25.7 Å². The number of nitriles is 1. The zero-order chi connectivity index (χ0) is 17.4. The molecule has 1 aliphatic carbocycles. The van der Waals surface area contributed by atoms with E-state index in [2.05, 4.69) is 10.5 Å². The molecular weight excluding hydrogens is 316 g/mol. The molecule has 1 aliphatic rings. The first-order valence-electron chi connectivity index (χ1n) is 8.48. The third-order valence-corrected chi connectivity index (χ3v) is 4.53. The van der Waals surface area contributed by atoms with E-state index in [1.165, 1.54) is 5.69 Å². The van der Waals surface area contributed by atoms with Gasteiger partial charge in [-0.25, -0.2) is 4.79 Å². The van der Waals surface area contributed by atoms with Crippen molar-refractivity contribution in [2.75, 3.05) is 13.2 Å². The number of benzene rings is 1. The molecule has 0 N–H and O–H groups in total. The van der Waals surface area contributed by atoms with Gasteiger partial charge < -0.3 is 13.9 Å². The highest BCUT2D eigenvalue weighted by Gasteiger charge is 2.28. The number of aromatic nitrogens is 1. The zero-order valence-electron chi connectivity index (χ0n) is 14.0. The van der Waals surface area contributed by atoms with Crippen LogP contribution in [-0.4, -0.2) is 23.6 Å². The molecule has 0 bridgehead atoms. The van der Waals surface area contributed by atoms with E-state index in [0.29, 0.717) is 23.8 Å². The van der Waals surface area contributed by atoms with Gasteiger partial charge in [-0.2, -0.15) is 5.26 Å². The minimum Gasteiger partial charge on any atom is -0.479 e. The highest BCUT2D eigenvalue weighted by atomic mass is 16.5. The number of nitrogens with zero attached hydrogens (tertiary/aromatic N) is 2. The molecular formula is C20H18N2O3. The highest BCUT2D eigenvalue weighted by Crippen LogP contribution is 2.42. The van der Waals surface area contributed by atoms with Gasteiger partial charge in [0.25, 0.3) is 0 Å². The van der Waals surface area contributed by atoms with Crippen molar-refractivity contribution in [2.24, 2.45) is 0 Å². The van der Waals surface area contributed by atoms with Crippen LogP contribution in [0.1, 0.15) is 41.7 Å². The van der Waals surface area contributed by atoms with Crippen LogP contribution in [0.15, 0.2) is 36.4 Å². The highest BCUT2D eigenvalue weighted by molar-refractivity contribution is 6.12. The number of fused-ring (bicyclic) bond motifs is 3. The monoisotopic (exact) mass is 334 g/mol. The van der Waals surface area contributed by atoms with E-state index in [1.54, 1.807) is 6.07 Å². The van der Waals surface area contributed by atoms with E-state index >= 15 is 0 Å². The zero-order valence-corrected chi connectivity index (χ0v) is 14.0. The van der Waals surface area contributed by atoms with E-state index in [9.17, 15) is 4.79 Å². The number of ether oxygens (including phenoxy) is 2. The first-order chi connectivity index (χ1) is 12.2. The molecule has 25 heavy (non-hydrogen) atoms. The molecule has 5 nitrogen and oxygen atoms in total. The molecule has 0 spiro atoms. The number of carbonyl (C=O) groups is 1. The normalized spacial score (nSPS) is 13.8. The summed E-state index contributed by atoms with van der Waals surface area (Å²) < 4.78 is 12.9. The molecule has 4 rings (SSSR count). The largest absolute Gasteiger partial charge is 0.479 e. The van der Waals surface area contributed by atoms with E-state index in [0.717, 1.165) is 29.3 Å². The predicted molar refractivity (Wildman–Crippen MR) is 93.9 cm³/mol. The summed E-state index contributed by atoms with van der Waals surface area (Å²) >= 11 is 0. The molecule has 0 atom stereocenters. The molecule has 2 heterocycles. The van der Waals surface area contributed by atoms with Gasteiger partial charge in [-0.3, -0.25) is 0 Å². The molecule has 0 unspecified atom stereocenters. The van der Waals surface area contributed by atoms with Crippen LogP contribution in [-0.2, 0) is 4.74 Å². The maximum Gasteiger partial charge on any atom is 0.340 e. The predicted octanol–water partition coefficient (Wildman–Crippen LogP) is 4.05. The van der Waals surface area contributed by atoms with Crippen LogP contribution in [0.4, 0.5) is 0 Å². The lowest BCUT2D eigenvalue weighted by atomic mass is 10.1. The van der Waals surface area contributed by atoms with Crippen molar-refractivity contribution in [3.05, 3.63) is 47.7 Å². The molecule has 2 aromatic heterocycles. The third-order valence-electron chi connectivity index (χ3n) is 4.53. The smallest absolute Gasteiger partial charge is 0.340 e. The molecule has 0 radical (unpaired) electrons. The van der Waals surface area contributed by atoms with Gasteiger partial charge in [0.15, 0.2) is 6.61 Å². The van der Waals surface area contributed by atoms with E-state index < -0.39 is 0 Å². The molecule has 5 heteroatoms. The van der Waals surface area contributed by atoms with Gasteiger partial charge in [0.1, 0.15) is 11.8 Å². The van der Waals surface area contributed by atoms with Crippen molar-refractivity contribution < 1.29 is 14.3 Å². The summed E-state index contributed by atoms with van der Waals surface area (Å²) in [5.41, 5.74) is 3.56. The Morgan fingerprint density at radius 2 is 2.12 bits per heavy atom. The standard InChI is InChI=1S/C20H18N2O3/c1-2-24-20(23)19-15-9-8-14(25-11-10-21)12-18(15)22-16(13-6-7-13)4-3-5-17(19)22/h3-5,8-9,12-13H,2,6-7,11H2,1H3. The summed E-state index contributed by atoms with van der Waals surface area (Å²) in [6.45, 7) is 2.14. The Morgan fingerprint density at radius 1 is 1.28 bits per heavy atom. The minimum absolute atomic E-state index is 0.00493. The van der Waals surface area contributed by atoms with Gasteiger partial charge in [0.05, 0.1) is 23.2 Å². The van der Waals surface area contributed by atoms with Crippen LogP contribution in [0.3, 0.4) is 0 Å². The number of hydrogen-bond donors (Lipinski definition) is 0. The van der Waals surface area contributed by atoms with Gasteiger partial charge >= 0.3 is 5.97 Å². The first-order valence-corrected chi connectivity index (χ1v) is 8.48. The van der Waals surface area contributed by atoms with Crippen molar-refractivity contribution in [1.29, 1.82) is 5.26 Å². The number of carbonyl (C=O) groups excluding carboxylic acids is 1. The Kier molecular flexibility index (Phi) is 3.81. The van der Waals surface area contributed by atoms with Crippen molar-refractivity contribution in [1.82, 2.24) is 4.40 Å². The summed E-state index contributed by atoms with van der Waals surface area (Å²) in [4.78, 5) is 12.6. The molecule has 3 aromatic rings.